The molecule has 2 aromatic rings. The lowest BCUT2D eigenvalue weighted by Gasteiger charge is -2.23. The zero-order valence-electron chi connectivity index (χ0n) is 11.3. The van der Waals surface area contributed by atoms with E-state index < -0.39 is 0 Å². The van der Waals surface area contributed by atoms with E-state index in [-0.39, 0.29) is 0 Å². The second-order valence-electron chi connectivity index (χ2n) is 6.37. The first-order chi connectivity index (χ1) is 9.88. The fourth-order valence-electron chi connectivity index (χ4n) is 3.77. The van der Waals surface area contributed by atoms with E-state index >= 15 is 0 Å². The van der Waals surface area contributed by atoms with Crippen molar-refractivity contribution in [3.8, 4) is 0 Å². The zero-order valence-corrected chi connectivity index (χ0v) is 11.3. The molecule has 3 aliphatic rings. The van der Waals surface area contributed by atoms with Gasteiger partial charge in [0, 0.05) is 24.7 Å². The molecule has 6 heteroatoms. The van der Waals surface area contributed by atoms with Gasteiger partial charge in [0.05, 0.1) is 6.33 Å². The smallest absolute Gasteiger partial charge is 0.165 e. The average Bonchev–Trinajstić information content (AvgIpc) is 2.92. The third-order valence-corrected chi connectivity index (χ3v) is 4.96. The molecule has 2 aliphatic carbocycles. The van der Waals surface area contributed by atoms with E-state index in [0.29, 0.717) is 18.1 Å². The maximum atomic E-state index is 4.58. The largest absolute Gasteiger partial charge is 0.365 e. The fourth-order valence-corrected chi connectivity index (χ4v) is 3.77. The lowest BCUT2D eigenvalue weighted by molar-refractivity contribution is 0.351. The molecule has 1 aliphatic heterocycles. The Labute approximate surface area is 117 Å². The van der Waals surface area contributed by atoms with Crippen LogP contribution in [0.3, 0.4) is 0 Å². The van der Waals surface area contributed by atoms with Gasteiger partial charge in [-0.1, -0.05) is 0 Å². The van der Waals surface area contributed by atoms with Gasteiger partial charge in [-0.25, -0.2) is 15.0 Å². The van der Waals surface area contributed by atoms with E-state index in [1.54, 1.807) is 6.33 Å². The average molecular weight is 270 g/mol. The first kappa shape index (κ1) is 11.0. The number of hydrogen-bond acceptors (Lipinski definition) is 5. The molecular formula is C14H18N6. The summed E-state index contributed by atoms with van der Waals surface area (Å²) in [6.07, 6.45) is 8.60. The molecule has 2 aromatic heterocycles. The topological polar surface area (TPSA) is 67.7 Å². The van der Waals surface area contributed by atoms with Gasteiger partial charge in [-0.15, -0.1) is 0 Å². The van der Waals surface area contributed by atoms with Crippen LogP contribution in [0, 0.1) is 5.92 Å². The molecule has 0 radical (unpaired) electrons. The van der Waals surface area contributed by atoms with Gasteiger partial charge in [0.15, 0.2) is 11.5 Å². The normalized spacial score (nSPS) is 32.1. The van der Waals surface area contributed by atoms with Crippen molar-refractivity contribution in [3.63, 3.8) is 0 Å². The van der Waals surface area contributed by atoms with Gasteiger partial charge in [0.2, 0.25) is 0 Å². The van der Waals surface area contributed by atoms with E-state index in [1.165, 1.54) is 25.7 Å². The quantitative estimate of drug-likeness (QED) is 0.880. The van der Waals surface area contributed by atoms with Gasteiger partial charge in [-0.2, -0.15) is 0 Å². The summed E-state index contributed by atoms with van der Waals surface area (Å²) in [4.78, 5) is 13.4. The van der Waals surface area contributed by atoms with E-state index in [1.807, 2.05) is 6.33 Å². The zero-order chi connectivity index (χ0) is 13.1. The van der Waals surface area contributed by atoms with Crippen LogP contribution in [-0.2, 0) is 0 Å². The second kappa shape index (κ2) is 3.91. The Bertz CT molecular complexity index is 661. The number of fused-ring (bicyclic) bond motifs is 3. The van der Waals surface area contributed by atoms with Crippen molar-refractivity contribution < 1.29 is 0 Å². The van der Waals surface area contributed by atoms with Crippen LogP contribution >= 0.6 is 0 Å². The lowest BCUT2D eigenvalue weighted by Crippen LogP contribution is -2.30. The van der Waals surface area contributed by atoms with Crippen molar-refractivity contribution in [1.82, 2.24) is 24.8 Å². The standard InChI is InChI=1S/C14H18N6/c1-2-9(1)19-13-12-14(17-6-16-13)20(7-18-12)11-4-10-3-8(11)5-15-10/h6-11,15H,1-5H2,(H,16,17,19)/t8-,10-,11?/m1/s1. The van der Waals surface area contributed by atoms with Crippen LogP contribution in [0.15, 0.2) is 12.7 Å². The molecule has 3 fully saturated rings. The highest BCUT2D eigenvalue weighted by Crippen LogP contribution is 2.41. The number of nitrogens with zero attached hydrogens (tertiary/aromatic N) is 4. The van der Waals surface area contributed by atoms with E-state index in [2.05, 4.69) is 30.2 Å². The number of anilines is 1. The molecule has 0 spiro atoms. The summed E-state index contributed by atoms with van der Waals surface area (Å²) in [5, 5.41) is 7.02. The Morgan fingerprint density at radius 2 is 2.15 bits per heavy atom. The molecule has 20 heavy (non-hydrogen) atoms. The molecule has 0 aromatic carbocycles. The van der Waals surface area contributed by atoms with Crippen LogP contribution in [0.2, 0.25) is 0 Å². The molecule has 5 rings (SSSR count). The molecule has 104 valence electrons. The summed E-state index contributed by atoms with van der Waals surface area (Å²) in [5.41, 5.74) is 1.91. The van der Waals surface area contributed by atoms with Gasteiger partial charge in [-0.05, 0) is 31.6 Å². The maximum Gasteiger partial charge on any atom is 0.165 e. The van der Waals surface area contributed by atoms with Crippen molar-refractivity contribution >= 4 is 17.0 Å². The second-order valence-corrected chi connectivity index (χ2v) is 6.37. The highest BCUT2D eigenvalue weighted by atomic mass is 15.2. The molecule has 1 saturated heterocycles. The number of aromatic nitrogens is 4. The number of rotatable bonds is 3. The summed E-state index contributed by atoms with van der Waals surface area (Å²) < 4.78 is 2.28. The molecule has 6 nitrogen and oxygen atoms in total. The van der Waals surface area contributed by atoms with Crippen LogP contribution in [0.25, 0.3) is 11.2 Å². The van der Waals surface area contributed by atoms with Crippen LogP contribution < -0.4 is 10.6 Å². The van der Waals surface area contributed by atoms with Gasteiger partial charge in [-0.3, -0.25) is 0 Å². The highest BCUT2D eigenvalue weighted by Gasteiger charge is 2.41. The Morgan fingerprint density at radius 1 is 1.20 bits per heavy atom. The van der Waals surface area contributed by atoms with Gasteiger partial charge >= 0.3 is 0 Å². The van der Waals surface area contributed by atoms with Crippen molar-refractivity contribution in [1.29, 1.82) is 0 Å². The Hall–Kier alpha value is -1.69. The molecule has 3 atom stereocenters. The monoisotopic (exact) mass is 270 g/mol. The highest BCUT2D eigenvalue weighted by molar-refractivity contribution is 5.83. The summed E-state index contributed by atoms with van der Waals surface area (Å²) in [5.74, 6) is 1.63. The summed E-state index contributed by atoms with van der Waals surface area (Å²) >= 11 is 0. The predicted molar refractivity (Wildman–Crippen MR) is 75.5 cm³/mol. The Kier molecular flexibility index (Phi) is 2.16. The van der Waals surface area contributed by atoms with Crippen molar-refractivity contribution in [2.45, 2.75) is 43.8 Å². The van der Waals surface area contributed by atoms with Crippen LogP contribution in [0.5, 0.6) is 0 Å². The number of piperidine rings is 1. The summed E-state index contributed by atoms with van der Waals surface area (Å²) in [7, 11) is 0. The fraction of sp³-hybridized carbons (Fsp3) is 0.643. The van der Waals surface area contributed by atoms with Crippen molar-refractivity contribution in [2.24, 2.45) is 5.92 Å². The van der Waals surface area contributed by atoms with Gasteiger partial charge < -0.3 is 15.2 Å². The third-order valence-electron chi connectivity index (χ3n) is 4.96. The molecule has 0 amide bonds. The molecule has 2 bridgehead atoms. The van der Waals surface area contributed by atoms with Crippen LogP contribution in [0.4, 0.5) is 5.82 Å². The Balaban J connectivity index is 1.56. The number of hydrogen-bond donors (Lipinski definition) is 2. The predicted octanol–water partition coefficient (Wildman–Crippen LogP) is 1.32. The maximum absolute atomic E-state index is 4.58. The van der Waals surface area contributed by atoms with Crippen molar-refractivity contribution in [2.75, 3.05) is 11.9 Å². The summed E-state index contributed by atoms with van der Waals surface area (Å²) in [6, 6.07) is 1.83. The molecular weight excluding hydrogens is 252 g/mol. The van der Waals surface area contributed by atoms with Crippen LogP contribution in [0.1, 0.15) is 31.7 Å². The molecule has 3 heterocycles. The van der Waals surface area contributed by atoms with E-state index in [4.69, 9.17) is 0 Å². The minimum absolute atomic E-state index is 0.551. The first-order valence-corrected chi connectivity index (χ1v) is 7.56. The summed E-state index contributed by atoms with van der Waals surface area (Å²) in [6.45, 7) is 1.13. The SMILES string of the molecule is c1nc(NC2CC2)c2ncn(C3C[C@H]4C[C@@H]3CN4)c2n1. The first-order valence-electron chi connectivity index (χ1n) is 7.56. The number of nitrogens with one attached hydrogen (secondary N) is 2. The third kappa shape index (κ3) is 1.57. The van der Waals surface area contributed by atoms with Crippen molar-refractivity contribution in [3.05, 3.63) is 12.7 Å². The van der Waals surface area contributed by atoms with Gasteiger partial charge in [0.1, 0.15) is 11.8 Å². The van der Waals surface area contributed by atoms with Crippen LogP contribution in [-0.4, -0.2) is 38.1 Å². The molecule has 2 saturated carbocycles. The minimum Gasteiger partial charge on any atom is -0.365 e. The van der Waals surface area contributed by atoms with Gasteiger partial charge in [0.25, 0.3) is 0 Å². The van der Waals surface area contributed by atoms with E-state index in [9.17, 15) is 0 Å². The lowest BCUT2D eigenvalue weighted by atomic mass is 10.0. The molecule has 1 unspecified atom stereocenters. The van der Waals surface area contributed by atoms with E-state index in [0.717, 1.165) is 29.4 Å². The Morgan fingerprint density at radius 3 is 2.90 bits per heavy atom. The molecule has 2 N–H and O–H groups in total. The minimum atomic E-state index is 0.551. The number of imidazole rings is 1.